The van der Waals surface area contributed by atoms with Gasteiger partial charge in [0.1, 0.15) is 6.04 Å². The minimum Gasteiger partial charge on any atom is -0.392 e. The first kappa shape index (κ1) is 39.3. The van der Waals surface area contributed by atoms with Crippen LogP contribution < -0.4 is 5.32 Å². The Morgan fingerprint density at radius 2 is 1.79 bits per heavy atom. The zero-order valence-electron chi connectivity index (χ0n) is 35.7. The van der Waals surface area contributed by atoms with E-state index in [0.717, 1.165) is 58.9 Å². The van der Waals surface area contributed by atoms with E-state index in [0.29, 0.717) is 29.9 Å². The van der Waals surface area contributed by atoms with Gasteiger partial charge in [0.15, 0.2) is 5.78 Å². The molecule has 2 aliphatic heterocycles. The number of ketones is 1. The fourth-order valence-electron chi connectivity index (χ4n) is 13.3. The summed E-state index contributed by atoms with van der Waals surface area (Å²) in [7, 11) is 0. The van der Waals surface area contributed by atoms with Crippen molar-refractivity contribution in [1.29, 1.82) is 0 Å². The van der Waals surface area contributed by atoms with E-state index in [4.69, 9.17) is 4.74 Å². The molecule has 3 N–H and O–H groups in total. The highest BCUT2D eigenvalue weighted by molar-refractivity contribution is 6.18. The number of nitrogens with zero attached hydrogens (tertiary/aromatic N) is 1. The summed E-state index contributed by atoms with van der Waals surface area (Å²) >= 11 is 0. The Morgan fingerprint density at radius 3 is 2.43 bits per heavy atom. The number of nitrogens with one attached hydrogen (secondary N) is 1. The summed E-state index contributed by atoms with van der Waals surface area (Å²) in [5.41, 5.74) is 5.94. The van der Waals surface area contributed by atoms with Crippen molar-refractivity contribution in [3.63, 3.8) is 0 Å². The summed E-state index contributed by atoms with van der Waals surface area (Å²) in [5, 5.41) is 28.4. The number of amides is 1. The van der Waals surface area contributed by atoms with Gasteiger partial charge < -0.3 is 24.8 Å². The second-order valence-electron chi connectivity index (χ2n) is 21.1. The number of hydrogen-bond acceptors (Lipinski definition) is 5. The third-order valence-corrected chi connectivity index (χ3v) is 15.5. The number of allylic oxidation sites excluding steroid dienone is 4. The van der Waals surface area contributed by atoms with Crippen molar-refractivity contribution in [1.82, 2.24) is 9.88 Å². The van der Waals surface area contributed by atoms with Crippen LogP contribution in [-0.2, 0) is 21.4 Å². The molecular formula is C49H64N2O5. The number of aliphatic hydroxyl groups is 2. The van der Waals surface area contributed by atoms with Gasteiger partial charge in [0.2, 0.25) is 5.91 Å². The van der Waals surface area contributed by atoms with Gasteiger partial charge in [0.05, 0.1) is 34.5 Å². The first-order valence-electron chi connectivity index (χ1n) is 21.0. The molecule has 0 spiro atoms. The minimum absolute atomic E-state index is 0.0300. The van der Waals surface area contributed by atoms with E-state index in [9.17, 15) is 19.8 Å². The van der Waals surface area contributed by atoms with E-state index in [-0.39, 0.29) is 39.9 Å². The third kappa shape index (κ3) is 5.18. The second-order valence-corrected chi connectivity index (χ2v) is 21.1. The van der Waals surface area contributed by atoms with Crippen LogP contribution in [0, 0.1) is 28.6 Å². The molecule has 8 rings (SSSR count). The predicted octanol–water partition coefficient (Wildman–Crippen LogP) is 9.57. The van der Waals surface area contributed by atoms with Crippen LogP contribution >= 0.6 is 0 Å². The highest BCUT2D eigenvalue weighted by Crippen LogP contribution is 2.71. The quantitative estimate of drug-likeness (QED) is 0.155. The monoisotopic (exact) mass is 760 g/mol. The van der Waals surface area contributed by atoms with Crippen molar-refractivity contribution in [2.24, 2.45) is 28.6 Å². The summed E-state index contributed by atoms with van der Waals surface area (Å²) in [4.78, 5) is 28.2. The lowest BCUT2D eigenvalue weighted by atomic mass is 9.40. The average Bonchev–Trinajstić information content (AvgIpc) is 3.74. The Kier molecular flexibility index (Phi) is 8.60. The fraction of sp³-hybridized carbons (Fsp3) is 0.592. The molecule has 7 heteroatoms. The van der Waals surface area contributed by atoms with Gasteiger partial charge in [-0.25, -0.2) is 0 Å². The van der Waals surface area contributed by atoms with Gasteiger partial charge >= 0.3 is 0 Å². The maximum absolute atomic E-state index is 15.0. The molecule has 1 amide bonds. The number of carbonyl (C=O) groups is 2. The molecule has 9 atom stereocenters. The van der Waals surface area contributed by atoms with Crippen LogP contribution in [0.15, 0.2) is 60.8 Å². The molecule has 300 valence electrons. The molecule has 2 aromatic rings. The van der Waals surface area contributed by atoms with Gasteiger partial charge in [-0.3, -0.25) is 9.59 Å². The van der Waals surface area contributed by atoms with Gasteiger partial charge in [-0.2, -0.15) is 0 Å². The summed E-state index contributed by atoms with van der Waals surface area (Å²) < 4.78 is 8.92. The van der Waals surface area contributed by atoms with Gasteiger partial charge in [0.25, 0.3) is 0 Å². The summed E-state index contributed by atoms with van der Waals surface area (Å²) in [5.74, 6) is 0.171. The average molecular weight is 761 g/mol. The number of benzene rings is 1. The summed E-state index contributed by atoms with van der Waals surface area (Å²) in [6, 6.07) is 1.77. The Bertz CT molecular complexity index is 2210. The largest absolute Gasteiger partial charge is 0.392 e. The standard InChI is InChI=1S/C49H64N2O5/c1-14-16-27(43(55)50-44(4,5)6)17-15-21-47(11)33-19-18-28-23-31-30-24-29-32-25-45(7,8)56-46(9,10)37(32)40(53)35(29)36-39(30)51(38(26(2)3)41(36)54)42(31)49(28,13)48(33,12)22-20-34(47)52/h14-15,17,21,24-25,28,33-34,37-38,40,52-53H,1-2,16,18-20,22-23H2,3-13H3,(H,50,55)/b21-15+,27-17+/t28?,33-,34-,37?,38-,40+,47-,48-,49+/m0/s1. The first-order chi connectivity index (χ1) is 25.9. The molecule has 2 fully saturated rings. The highest BCUT2D eigenvalue weighted by atomic mass is 16.5. The molecule has 0 radical (unpaired) electrons. The van der Waals surface area contributed by atoms with Crippen molar-refractivity contribution in [2.75, 3.05) is 0 Å². The van der Waals surface area contributed by atoms with Gasteiger partial charge in [-0.1, -0.05) is 57.2 Å². The minimum atomic E-state index is -0.861. The predicted molar refractivity (Wildman–Crippen MR) is 224 cm³/mol. The number of rotatable bonds is 6. The Balaban J connectivity index is 1.29. The zero-order chi connectivity index (χ0) is 40.9. The molecule has 3 heterocycles. The normalized spacial score (nSPS) is 36.5. The van der Waals surface area contributed by atoms with Crippen LogP contribution in [0.1, 0.15) is 153 Å². The zero-order valence-corrected chi connectivity index (χ0v) is 35.7. The number of ether oxygens (including phenoxy) is 1. The molecule has 7 nitrogen and oxygen atoms in total. The van der Waals surface area contributed by atoms with E-state index < -0.39 is 34.9 Å². The van der Waals surface area contributed by atoms with Crippen molar-refractivity contribution in [2.45, 2.75) is 155 Å². The fourth-order valence-corrected chi connectivity index (χ4v) is 13.3. The lowest BCUT2D eigenvalue weighted by Crippen LogP contribution is -2.62. The van der Waals surface area contributed by atoms with Gasteiger partial charge in [0, 0.05) is 44.5 Å². The van der Waals surface area contributed by atoms with E-state index >= 15 is 0 Å². The lowest BCUT2D eigenvalue weighted by molar-refractivity contribution is -0.144. The van der Waals surface area contributed by atoms with Crippen molar-refractivity contribution in [3.8, 4) is 0 Å². The summed E-state index contributed by atoms with van der Waals surface area (Å²) in [6.45, 7) is 31.6. The van der Waals surface area contributed by atoms with E-state index in [1.54, 1.807) is 6.08 Å². The van der Waals surface area contributed by atoms with Gasteiger partial charge in [-0.05, 0) is 140 Å². The molecule has 2 unspecified atom stereocenters. The Hall–Kier alpha value is -3.52. The number of fused-ring (bicyclic) bond motifs is 11. The SMILES string of the molecule is C=CC/C(=C\C=C\[C@]1(C)[C@@H](O)CC[C@@]2(C)[C@H]1CCC1Cc3c(n4c5c(c6c(cc35)C3=CC(C)(C)OC(C)(C)C3[C@@H]6O)C(=O)[C@@H]4C(=C)C)[C@@]12C)C(=O)NC(C)(C)C. The second kappa shape index (κ2) is 12.3. The third-order valence-electron chi connectivity index (χ3n) is 15.5. The number of Topliss-reactive ketones (excluding diaryl/α,β-unsaturated/α-hetero) is 1. The lowest BCUT2D eigenvalue weighted by Gasteiger charge is -2.64. The molecule has 6 aliphatic rings. The van der Waals surface area contributed by atoms with E-state index in [2.05, 4.69) is 89.7 Å². The number of carbonyl (C=O) groups excluding carboxylic acids is 2. The Morgan fingerprint density at radius 1 is 1.09 bits per heavy atom. The number of hydrogen-bond donors (Lipinski definition) is 3. The van der Waals surface area contributed by atoms with Crippen molar-refractivity contribution in [3.05, 3.63) is 88.7 Å². The van der Waals surface area contributed by atoms with Gasteiger partial charge in [-0.15, -0.1) is 6.58 Å². The molecular weight excluding hydrogens is 697 g/mol. The molecule has 0 saturated heterocycles. The van der Waals surface area contributed by atoms with Crippen LogP contribution in [0.2, 0.25) is 0 Å². The first-order valence-corrected chi connectivity index (χ1v) is 21.0. The van der Waals surface area contributed by atoms with Crippen LogP contribution in [0.4, 0.5) is 0 Å². The maximum Gasteiger partial charge on any atom is 0.247 e. The maximum atomic E-state index is 15.0. The van der Waals surface area contributed by atoms with E-state index in [1.165, 1.54) is 11.3 Å². The van der Waals surface area contributed by atoms with E-state index in [1.807, 2.05) is 39.8 Å². The molecule has 1 aromatic heterocycles. The smallest absolute Gasteiger partial charge is 0.247 e. The van der Waals surface area contributed by atoms with Crippen molar-refractivity contribution >= 4 is 28.2 Å². The Labute approximate surface area is 334 Å². The van der Waals surface area contributed by atoms with Crippen LogP contribution in [0.3, 0.4) is 0 Å². The highest BCUT2D eigenvalue weighted by Gasteiger charge is 2.68. The molecule has 1 aromatic carbocycles. The molecule has 56 heavy (non-hydrogen) atoms. The van der Waals surface area contributed by atoms with Crippen LogP contribution in [-0.4, -0.2) is 49.3 Å². The number of aliphatic hydroxyl groups excluding tert-OH is 2. The topological polar surface area (TPSA) is 101 Å². The van der Waals surface area contributed by atoms with Crippen LogP contribution in [0.25, 0.3) is 16.5 Å². The molecule has 2 saturated carbocycles. The number of aromatic nitrogens is 1. The summed E-state index contributed by atoms with van der Waals surface area (Å²) in [6.07, 6.45) is 13.5. The molecule has 4 aliphatic carbocycles. The van der Waals surface area contributed by atoms with Crippen LogP contribution in [0.5, 0.6) is 0 Å². The van der Waals surface area contributed by atoms with Crippen molar-refractivity contribution < 1.29 is 24.5 Å². The molecule has 0 bridgehead atoms.